The Labute approximate surface area is 115 Å². The number of amides is 1. The first-order valence-corrected chi connectivity index (χ1v) is 7.23. The SMILES string of the molecule is CC(C)(C)OC(=O)N1CCCCC2(CNCCO2)C1. The predicted molar refractivity (Wildman–Crippen MR) is 73.2 cm³/mol. The summed E-state index contributed by atoms with van der Waals surface area (Å²) in [5.74, 6) is 0. The van der Waals surface area contributed by atoms with Crippen LogP contribution >= 0.6 is 0 Å². The molecule has 2 aliphatic rings. The zero-order chi connectivity index (χ0) is 13.9. The Morgan fingerprint density at radius 2 is 2.16 bits per heavy atom. The molecule has 0 bridgehead atoms. The molecular formula is C14H26N2O3. The minimum Gasteiger partial charge on any atom is -0.444 e. The van der Waals surface area contributed by atoms with Gasteiger partial charge < -0.3 is 19.7 Å². The summed E-state index contributed by atoms with van der Waals surface area (Å²) in [6.07, 6.45) is 2.91. The molecule has 1 N–H and O–H groups in total. The van der Waals surface area contributed by atoms with E-state index in [0.717, 1.165) is 45.5 Å². The van der Waals surface area contributed by atoms with Crippen molar-refractivity contribution in [3.05, 3.63) is 0 Å². The van der Waals surface area contributed by atoms with Crippen LogP contribution in [0.2, 0.25) is 0 Å². The third-order valence-electron chi connectivity index (χ3n) is 3.58. The molecule has 0 aliphatic carbocycles. The molecule has 0 aromatic rings. The molecule has 0 aromatic carbocycles. The number of nitrogens with one attached hydrogen (secondary N) is 1. The van der Waals surface area contributed by atoms with E-state index < -0.39 is 5.60 Å². The van der Waals surface area contributed by atoms with Crippen LogP contribution in [-0.4, -0.2) is 55.0 Å². The number of ether oxygens (including phenoxy) is 2. The van der Waals surface area contributed by atoms with Crippen molar-refractivity contribution in [3.63, 3.8) is 0 Å². The van der Waals surface area contributed by atoms with Gasteiger partial charge in [-0.2, -0.15) is 0 Å². The number of rotatable bonds is 0. The number of morpholine rings is 1. The standard InChI is InChI=1S/C14H26N2O3/c1-13(2,3)19-12(17)16-8-5-4-6-14(11-16)10-15-7-9-18-14/h15H,4-11H2,1-3H3. The zero-order valence-electron chi connectivity index (χ0n) is 12.3. The van der Waals surface area contributed by atoms with Crippen LogP contribution in [0.15, 0.2) is 0 Å². The van der Waals surface area contributed by atoms with E-state index in [9.17, 15) is 4.79 Å². The van der Waals surface area contributed by atoms with Crippen molar-refractivity contribution in [1.29, 1.82) is 0 Å². The lowest BCUT2D eigenvalue weighted by Crippen LogP contribution is -2.56. The fraction of sp³-hybridized carbons (Fsp3) is 0.929. The lowest BCUT2D eigenvalue weighted by Gasteiger charge is -2.39. The summed E-state index contributed by atoms with van der Waals surface area (Å²) < 4.78 is 11.5. The first-order valence-electron chi connectivity index (χ1n) is 7.23. The van der Waals surface area contributed by atoms with E-state index in [2.05, 4.69) is 5.32 Å². The van der Waals surface area contributed by atoms with Crippen LogP contribution in [0, 0.1) is 0 Å². The summed E-state index contributed by atoms with van der Waals surface area (Å²) in [6, 6.07) is 0. The molecule has 0 saturated carbocycles. The second-order valence-electron chi connectivity index (χ2n) is 6.57. The number of hydrogen-bond donors (Lipinski definition) is 1. The van der Waals surface area contributed by atoms with Crippen LogP contribution in [0.1, 0.15) is 40.0 Å². The first-order chi connectivity index (χ1) is 8.90. The highest BCUT2D eigenvalue weighted by atomic mass is 16.6. The maximum absolute atomic E-state index is 12.2. The van der Waals surface area contributed by atoms with Gasteiger partial charge in [0, 0.05) is 19.6 Å². The van der Waals surface area contributed by atoms with Gasteiger partial charge in [0.1, 0.15) is 5.60 Å². The zero-order valence-corrected chi connectivity index (χ0v) is 12.3. The first kappa shape index (κ1) is 14.6. The lowest BCUT2D eigenvalue weighted by atomic mass is 9.96. The molecule has 2 heterocycles. The minimum absolute atomic E-state index is 0.217. The molecule has 0 aromatic heterocycles. The van der Waals surface area contributed by atoms with Crippen LogP contribution in [0.25, 0.3) is 0 Å². The molecule has 2 saturated heterocycles. The van der Waals surface area contributed by atoms with Gasteiger partial charge >= 0.3 is 6.09 Å². The van der Waals surface area contributed by atoms with Gasteiger partial charge in [0.25, 0.3) is 0 Å². The van der Waals surface area contributed by atoms with Crippen molar-refractivity contribution in [2.75, 3.05) is 32.8 Å². The monoisotopic (exact) mass is 270 g/mol. The molecular weight excluding hydrogens is 244 g/mol. The lowest BCUT2D eigenvalue weighted by molar-refractivity contribution is -0.0840. The number of likely N-dealkylation sites (tertiary alicyclic amines) is 1. The molecule has 1 atom stereocenters. The Bertz CT molecular complexity index is 319. The second-order valence-corrected chi connectivity index (χ2v) is 6.57. The summed E-state index contributed by atoms with van der Waals surface area (Å²) in [6.45, 7) is 9.54. The van der Waals surface area contributed by atoms with Gasteiger partial charge in [0.2, 0.25) is 0 Å². The van der Waals surface area contributed by atoms with E-state index in [1.807, 2.05) is 25.7 Å². The molecule has 5 nitrogen and oxygen atoms in total. The van der Waals surface area contributed by atoms with Crippen molar-refractivity contribution in [1.82, 2.24) is 10.2 Å². The quantitative estimate of drug-likeness (QED) is 0.729. The average molecular weight is 270 g/mol. The van der Waals surface area contributed by atoms with Crippen LogP contribution < -0.4 is 5.32 Å². The topological polar surface area (TPSA) is 50.8 Å². The third kappa shape index (κ3) is 4.08. The highest BCUT2D eigenvalue weighted by Crippen LogP contribution is 2.26. The van der Waals surface area contributed by atoms with Crippen LogP contribution in [0.4, 0.5) is 4.79 Å². The van der Waals surface area contributed by atoms with Gasteiger partial charge in [-0.3, -0.25) is 0 Å². The summed E-state index contributed by atoms with van der Waals surface area (Å²) in [7, 11) is 0. The highest BCUT2D eigenvalue weighted by Gasteiger charge is 2.38. The van der Waals surface area contributed by atoms with E-state index in [0.29, 0.717) is 6.54 Å². The van der Waals surface area contributed by atoms with E-state index in [4.69, 9.17) is 9.47 Å². The molecule has 19 heavy (non-hydrogen) atoms. The van der Waals surface area contributed by atoms with E-state index in [-0.39, 0.29) is 11.7 Å². The average Bonchev–Trinajstić information content (AvgIpc) is 2.51. The van der Waals surface area contributed by atoms with Gasteiger partial charge in [-0.1, -0.05) is 0 Å². The predicted octanol–water partition coefficient (Wildman–Crippen LogP) is 1.77. The van der Waals surface area contributed by atoms with Crippen molar-refractivity contribution in [2.24, 2.45) is 0 Å². The third-order valence-corrected chi connectivity index (χ3v) is 3.58. The van der Waals surface area contributed by atoms with Gasteiger partial charge in [-0.05, 0) is 40.0 Å². The summed E-state index contributed by atoms with van der Waals surface area (Å²) >= 11 is 0. The molecule has 110 valence electrons. The van der Waals surface area contributed by atoms with E-state index in [1.165, 1.54) is 0 Å². The molecule has 2 fully saturated rings. The van der Waals surface area contributed by atoms with Gasteiger partial charge in [-0.15, -0.1) is 0 Å². The number of nitrogens with zero attached hydrogens (tertiary/aromatic N) is 1. The van der Waals surface area contributed by atoms with Gasteiger partial charge in [0.05, 0.1) is 18.8 Å². The molecule has 2 rings (SSSR count). The molecule has 5 heteroatoms. The summed E-state index contributed by atoms with van der Waals surface area (Å²) in [5, 5.41) is 3.38. The van der Waals surface area contributed by atoms with Gasteiger partial charge in [0.15, 0.2) is 0 Å². The smallest absolute Gasteiger partial charge is 0.410 e. The second kappa shape index (κ2) is 5.67. The van der Waals surface area contributed by atoms with Crippen molar-refractivity contribution in [2.45, 2.75) is 51.2 Å². The van der Waals surface area contributed by atoms with E-state index >= 15 is 0 Å². The molecule has 1 amide bonds. The minimum atomic E-state index is -0.442. The Morgan fingerprint density at radius 3 is 2.79 bits per heavy atom. The van der Waals surface area contributed by atoms with Crippen LogP contribution in [0.5, 0.6) is 0 Å². The normalized spacial score (nSPS) is 29.1. The van der Waals surface area contributed by atoms with Crippen molar-refractivity contribution >= 4 is 6.09 Å². The van der Waals surface area contributed by atoms with Gasteiger partial charge in [-0.25, -0.2) is 4.79 Å². The maximum atomic E-state index is 12.2. The fourth-order valence-corrected chi connectivity index (χ4v) is 2.71. The molecule has 0 radical (unpaired) electrons. The largest absolute Gasteiger partial charge is 0.444 e. The van der Waals surface area contributed by atoms with Crippen LogP contribution in [-0.2, 0) is 9.47 Å². The molecule has 1 unspecified atom stereocenters. The Balaban J connectivity index is 2.01. The van der Waals surface area contributed by atoms with Crippen molar-refractivity contribution in [3.8, 4) is 0 Å². The molecule has 1 spiro atoms. The number of hydrogen-bond acceptors (Lipinski definition) is 4. The molecule has 2 aliphatic heterocycles. The van der Waals surface area contributed by atoms with Crippen LogP contribution in [0.3, 0.4) is 0 Å². The maximum Gasteiger partial charge on any atom is 0.410 e. The number of carbonyl (C=O) groups excluding carboxylic acids is 1. The van der Waals surface area contributed by atoms with Crippen molar-refractivity contribution < 1.29 is 14.3 Å². The summed E-state index contributed by atoms with van der Waals surface area (Å²) in [5.41, 5.74) is -0.659. The Morgan fingerprint density at radius 1 is 1.37 bits per heavy atom. The van der Waals surface area contributed by atoms with E-state index in [1.54, 1.807) is 0 Å². The summed E-state index contributed by atoms with van der Waals surface area (Å²) in [4.78, 5) is 14.0. The Hall–Kier alpha value is -0.810. The highest BCUT2D eigenvalue weighted by molar-refractivity contribution is 5.68. The Kier molecular flexibility index (Phi) is 4.36. The fourth-order valence-electron chi connectivity index (χ4n) is 2.71. The number of carbonyl (C=O) groups is 1.